The zero-order valence-electron chi connectivity index (χ0n) is 15.4. The molecule has 0 saturated heterocycles. The van der Waals surface area contributed by atoms with Crippen LogP contribution in [-0.2, 0) is 0 Å². The Hall–Kier alpha value is -1.33. The van der Waals surface area contributed by atoms with Crippen LogP contribution >= 0.6 is 12.6 Å². The average Bonchev–Trinajstić information content (AvgIpc) is 2.49. The van der Waals surface area contributed by atoms with Gasteiger partial charge in [-0.1, -0.05) is 58.7 Å². The Morgan fingerprint density at radius 2 is 1.96 bits per heavy atom. The molecule has 1 rings (SSSR count). The van der Waals surface area contributed by atoms with Gasteiger partial charge in [-0.15, -0.1) is 0 Å². The van der Waals surface area contributed by atoms with E-state index >= 15 is 0 Å². The molecular weight excluding hydrogens is 316 g/mol. The second-order valence-electron chi connectivity index (χ2n) is 7.14. The van der Waals surface area contributed by atoms with Gasteiger partial charge in [0.2, 0.25) is 0 Å². The molecule has 4 nitrogen and oxygen atoms in total. The number of benzene rings is 1. The molecule has 0 bridgehead atoms. The summed E-state index contributed by atoms with van der Waals surface area (Å²) in [5.41, 5.74) is 14.7. The summed E-state index contributed by atoms with van der Waals surface area (Å²) in [6, 6.07) is 5.99. The fraction of sp³-hybridized carbons (Fsp3) is 0.579. The second kappa shape index (κ2) is 9.23. The molecule has 5 heteroatoms. The lowest BCUT2D eigenvalue weighted by Gasteiger charge is -2.30. The molecule has 1 atom stereocenters. The Kier molecular flexibility index (Phi) is 7.97. The summed E-state index contributed by atoms with van der Waals surface area (Å²) in [7, 11) is 0. The Morgan fingerprint density at radius 3 is 2.50 bits per heavy atom. The van der Waals surface area contributed by atoms with E-state index in [1.165, 1.54) is 12.8 Å². The van der Waals surface area contributed by atoms with Crippen LogP contribution in [-0.4, -0.2) is 10.8 Å². The van der Waals surface area contributed by atoms with Crippen LogP contribution in [0.4, 0.5) is 11.4 Å². The fourth-order valence-electron chi connectivity index (χ4n) is 2.91. The third-order valence-corrected chi connectivity index (χ3v) is 4.62. The highest BCUT2D eigenvalue weighted by Crippen LogP contribution is 2.30. The Bertz CT molecular complexity index is 537. The van der Waals surface area contributed by atoms with Crippen molar-refractivity contribution in [2.45, 2.75) is 70.1 Å². The highest BCUT2D eigenvalue weighted by atomic mass is 32.1. The summed E-state index contributed by atoms with van der Waals surface area (Å²) >= 11 is 4.57. The minimum absolute atomic E-state index is 0.115. The van der Waals surface area contributed by atoms with Crippen LogP contribution in [0, 0.1) is 0 Å². The zero-order valence-corrected chi connectivity index (χ0v) is 16.3. The van der Waals surface area contributed by atoms with Crippen LogP contribution in [0.25, 0.3) is 5.70 Å². The Labute approximate surface area is 152 Å². The lowest BCUT2D eigenvalue weighted by Crippen LogP contribution is -2.41. The second-order valence-corrected chi connectivity index (χ2v) is 8.36. The molecule has 0 radical (unpaired) electrons. The highest BCUT2D eigenvalue weighted by Gasteiger charge is 2.18. The number of nitrogens with zero attached hydrogens (tertiary/aromatic N) is 1. The van der Waals surface area contributed by atoms with Gasteiger partial charge in [0.15, 0.2) is 0 Å². The van der Waals surface area contributed by atoms with Crippen LogP contribution in [0.2, 0.25) is 0 Å². The molecule has 0 aliphatic carbocycles. The standard InChI is InChI=1S/C19H34N4S/c1-5-15(10-7-6-8-13-19(3,4)24)23(22)17-12-9-11-16(14(2)20)18(17)21/h9,11-12,15,24H,2,5-8,10,13,20-22H2,1,3-4H3. The summed E-state index contributed by atoms with van der Waals surface area (Å²) < 4.78 is 0.115. The van der Waals surface area contributed by atoms with Crippen LogP contribution in [0.5, 0.6) is 0 Å². The van der Waals surface area contributed by atoms with Crippen molar-refractivity contribution in [2.24, 2.45) is 11.6 Å². The van der Waals surface area contributed by atoms with Gasteiger partial charge >= 0.3 is 0 Å². The lowest BCUT2D eigenvalue weighted by atomic mass is 10.00. The molecule has 0 amide bonds. The van der Waals surface area contributed by atoms with E-state index < -0.39 is 0 Å². The number of thiol groups is 1. The van der Waals surface area contributed by atoms with Crippen LogP contribution in [0.3, 0.4) is 0 Å². The summed E-state index contributed by atoms with van der Waals surface area (Å²) in [5, 5.41) is 1.80. The van der Waals surface area contributed by atoms with Crippen molar-refractivity contribution >= 4 is 29.7 Å². The number of hydrazine groups is 1. The van der Waals surface area contributed by atoms with Gasteiger partial charge in [-0.25, -0.2) is 5.84 Å². The number of anilines is 2. The molecular formula is C19H34N4S. The number of nitrogen functional groups attached to an aromatic ring is 1. The van der Waals surface area contributed by atoms with Gasteiger partial charge in [-0.3, -0.25) is 0 Å². The summed E-state index contributed by atoms with van der Waals surface area (Å²) in [6.45, 7) is 10.3. The monoisotopic (exact) mass is 350 g/mol. The number of unbranched alkanes of at least 4 members (excludes halogenated alkanes) is 2. The predicted molar refractivity (Wildman–Crippen MR) is 111 cm³/mol. The van der Waals surface area contributed by atoms with Crippen LogP contribution in [0.15, 0.2) is 24.8 Å². The van der Waals surface area contributed by atoms with E-state index in [0.29, 0.717) is 11.4 Å². The van der Waals surface area contributed by atoms with Crippen LogP contribution < -0.4 is 22.3 Å². The molecule has 0 aliphatic rings. The van der Waals surface area contributed by atoms with Crippen molar-refractivity contribution in [1.29, 1.82) is 0 Å². The Morgan fingerprint density at radius 1 is 1.29 bits per heavy atom. The van der Waals surface area contributed by atoms with Gasteiger partial charge in [-0.2, -0.15) is 12.6 Å². The zero-order chi connectivity index (χ0) is 18.3. The fourth-order valence-corrected chi connectivity index (χ4v) is 3.07. The molecule has 6 N–H and O–H groups in total. The number of rotatable bonds is 10. The van der Waals surface area contributed by atoms with E-state index in [-0.39, 0.29) is 10.8 Å². The lowest BCUT2D eigenvalue weighted by molar-refractivity contribution is 0.489. The minimum atomic E-state index is 0.115. The molecule has 136 valence electrons. The first-order chi connectivity index (χ1) is 11.2. The van der Waals surface area contributed by atoms with Crippen molar-refractivity contribution in [2.75, 3.05) is 10.7 Å². The number of hydrogen-bond acceptors (Lipinski definition) is 5. The molecule has 0 aromatic heterocycles. The number of nitrogens with two attached hydrogens (primary N) is 3. The molecule has 0 aliphatic heterocycles. The SMILES string of the molecule is C=C(N)c1cccc(N(N)C(CC)CCCCCC(C)(C)S)c1N. The van der Waals surface area contributed by atoms with Crippen molar-refractivity contribution in [3.05, 3.63) is 30.3 Å². The van der Waals surface area contributed by atoms with Gasteiger partial charge in [0.25, 0.3) is 0 Å². The van der Waals surface area contributed by atoms with Crippen LogP contribution in [0.1, 0.15) is 64.9 Å². The van der Waals surface area contributed by atoms with Crippen molar-refractivity contribution in [3.8, 4) is 0 Å². The molecule has 1 aromatic rings. The number of hydrogen-bond donors (Lipinski definition) is 4. The molecule has 0 fully saturated rings. The smallest absolute Gasteiger partial charge is 0.0756 e. The average molecular weight is 351 g/mol. The summed E-state index contributed by atoms with van der Waals surface area (Å²) in [5.74, 6) is 6.37. The van der Waals surface area contributed by atoms with E-state index in [1.807, 2.05) is 18.2 Å². The maximum atomic E-state index is 6.37. The maximum Gasteiger partial charge on any atom is 0.0756 e. The molecule has 0 heterocycles. The predicted octanol–water partition coefficient (Wildman–Crippen LogP) is 4.32. The topological polar surface area (TPSA) is 81.3 Å². The quantitative estimate of drug-likeness (QED) is 0.167. The molecule has 1 unspecified atom stereocenters. The first kappa shape index (κ1) is 20.7. The molecule has 24 heavy (non-hydrogen) atoms. The third kappa shape index (κ3) is 6.29. The summed E-state index contributed by atoms with van der Waals surface area (Å²) in [4.78, 5) is 0. The first-order valence-electron chi connectivity index (χ1n) is 8.77. The van der Waals surface area contributed by atoms with Gasteiger partial charge in [0, 0.05) is 22.0 Å². The van der Waals surface area contributed by atoms with Gasteiger partial charge < -0.3 is 16.5 Å². The van der Waals surface area contributed by atoms with Crippen molar-refractivity contribution in [3.63, 3.8) is 0 Å². The Balaban J connectivity index is 2.65. The van der Waals surface area contributed by atoms with E-state index in [1.54, 1.807) is 5.01 Å². The minimum Gasteiger partial charge on any atom is -0.399 e. The van der Waals surface area contributed by atoms with E-state index in [2.05, 4.69) is 40.0 Å². The summed E-state index contributed by atoms with van der Waals surface area (Å²) in [6.07, 6.45) is 6.70. The van der Waals surface area contributed by atoms with E-state index in [4.69, 9.17) is 17.3 Å². The van der Waals surface area contributed by atoms with Gasteiger partial charge in [0.1, 0.15) is 0 Å². The molecule has 1 aromatic carbocycles. The van der Waals surface area contributed by atoms with E-state index in [0.717, 1.165) is 36.9 Å². The third-order valence-electron chi connectivity index (χ3n) is 4.40. The molecule has 0 saturated carbocycles. The van der Waals surface area contributed by atoms with E-state index in [9.17, 15) is 0 Å². The van der Waals surface area contributed by atoms with Gasteiger partial charge in [-0.05, 0) is 25.3 Å². The molecule has 0 spiro atoms. The first-order valence-corrected chi connectivity index (χ1v) is 9.21. The van der Waals surface area contributed by atoms with Crippen molar-refractivity contribution in [1.82, 2.24) is 0 Å². The van der Waals surface area contributed by atoms with Crippen molar-refractivity contribution < 1.29 is 0 Å². The highest BCUT2D eigenvalue weighted by molar-refractivity contribution is 7.81. The largest absolute Gasteiger partial charge is 0.399 e. The van der Waals surface area contributed by atoms with Gasteiger partial charge in [0.05, 0.1) is 11.4 Å². The normalized spacial score (nSPS) is 12.9. The number of para-hydroxylation sites is 1. The maximum absolute atomic E-state index is 6.37.